The molecule has 4 rings (SSSR count). The van der Waals surface area contributed by atoms with Crippen molar-refractivity contribution in [2.75, 3.05) is 38.2 Å². The van der Waals surface area contributed by atoms with Gasteiger partial charge in [0.1, 0.15) is 11.5 Å². The fourth-order valence-electron chi connectivity index (χ4n) is 3.55. The summed E-state index contributed by atoms with van der Waals surface area (Å²) < 4.78 is 11.2. The van der Waals surface area contributed by atoms with Gasteiger partial charge in [-0.05, 0) is 31.2 Å². The Morgan fingerprint density at radius 1 is 1.14 bits per heavy atom. The largest absolute Gasteiger partial charge is 0.495 e. The van der Waals surface area contributed by atoms with Crippen molar-refractivity contribution in [2.45, 2.75) is 13.3 Å². The first kappa shape index (κ1) is 19.0. The molecule has 3 heterocycles. The molecule has 0 unspecified atom stereocenters. The van der Waals surface area contributed by atoms with E-state index in [0.717, 1.165) is 30.1 Å². The minimum atomic E-state index is 0.0683. The lowest BCUT2D eigenvalue weighted by atomic mass is 10.2. The molecule has 0 radical (unpaired) electrons. The monoisotopic (exact) mass is 392 g/mol. The van der Waals surface area contributed by atoms with Gasteiger partial charge in [-0.1, -0.05) is 12.1 Å². The first-order valence-electron chi connectivity index (χ1n) is 9.68. The Hall–Kier alpha value is -3.35. The molecule has 3 aromatic rings. The lowest BCUT2D eigenvalue weighted by molar-refractivity contribution is -0.130. The second-order valence-corrected chi connectivity index (χ2v) is 6.98. The maximum absolute atomic E-state index is 12.8. The number of carbonyl (C=O) groups is 1. The van der Waals surface area contributed by atoms with Crippen LogP contribution in [0.15, 0.2) is 53.2 Å². The lowest BCUT2D eigenvalue weighted by Crippen LogP contribution is -2.49. The van der Waals surface area contributed by atoms with Gasteiger partial charge in [0.2, 0.25) is 11.8 Å². The van der Waals surface area contributed by atoms with E-state index in [-0.39, 0.29) is 12.3 Å². The standard InChI is InChI=1S/C22H24N4O3/c1-16-18(24-22(29-16)17-6-5-9-23-15-17)14-21(27)26-12-10-25(11-13-26)19-7-3-4-8-20(19)28-2/h3-9,15H,10-14H2,1-2H3. The Kier molecular flexibility index (Phi) is 5.46. The number of pyridine rings is 1. The zero-order valence-electron chi connectivity index (χ0n) is 16.7. The number of piperazine rings is 1. The van der Waals surface area contributed by atoms with Crippen LogP contribution in [0.3, 0.4) is 0 Å². The summed E-state index contributed by atoms with van der Waals surface area (Å²) in [4.78, 5) is 25.6. The minimum Gasteiger partial charge on any atom is -0.495 e. The van der Waals surface area contributed by atoms with Gasteiger partial charge in [-0.3, -0.25) is 9.78 Å². The molecule has 0 bridgehead atoms. The Morgan fingerprint density at radius 3 is 2.66 bits per heavy atom. The number of benzene rings is 1. The quantitative estimate of drug-likeness (QED) is 0.665. The van der Waals surface area contributed by atoms with Gasteiger partial charge in [0.25, 0.3) is 0 Å². The molecular formula is C22H24N4O3. The van der Waals surface area contributed by atoms with E-state index in [0.29, 0.717) is 30.4 Å². The third-order valence-electron chi connectivity index (χ3n) is 5.18. The number of aromatic nitrogens is 2. The topological polar surface area (TPSA) is 71.7 Å². The highest BCUT2D eigenvalue weighted by atomic mass is 16.5. The third-order valence-corrected chi connectivity index (χ3v) is 5.18. The summed E-state index contributed by atoms with van der Waals surface area (Å²) in [5.74, 6) is 2.09. The maximum atomic E-state index is 12.8. The van der Waals surface area contributed by atoms with Crippen LogP contribution in [-0.4, -0.2) is 54.1 Å². The summed E-state index contributed by atoms with van der Waals surface area (Å²) in [6.07, 6.45) is 3.65. The Bertz CT molecular complexity index is 979. The van der Waals surface area contributed by atoms with E-state index in [1.54, 1.807) is 19.5 Å². The number of nitrogens with zero attached hydrogens (tertiary/aromatic N) is 4. The van der Waals surface area contributed by atoms with E-state index in [1.165, 1.54) is 0 Å². The zero-order valence-corrected chi connectivity index (χ0v) is 16.7. The highest BCUT2D eigenvalue weighted by Gasteiger charge is 2.24. The fourth-order valence-corrected chi connectivity index (χ4v) is 3.55. The van der Waals surface area contributed by atoms with Gasteiger partial charge in [-0.15, -0.1) is 0 Å². The van der Waals surface area contributed by atoms with E-state index in [9.17, 15) is 4.79 Å². The molecule has 1 fully saturated rings. The number of aryl methyl sites for hydroxylation is 1. The number of ether oxygens (including phenoxy) is 1. The van der Waals surface area contributed by atoms with Crippen molar-refractivity contribution in [1.29, 1.82) is 0 Å². The van der Waals surface area contributed by atoms with Gasteiger partial charge in [0.05, 0.1) is 30.5 Å². The highest BCUT2D eigenvalue weighted by Crippen LogP contribution is 2.28. The molecule has 0 N–H and O–H groups in total. The normalized spacial score (nSPS) is 14.1. The predicted octanol–water partition coefficient (Wildman–Crippen LogP) is 2.94. The van der Waals surface area contributed by atoms with Crippen LogP contribution in [0.5, 0.6) is 5.75 Å². The smallest absolute Gasteiger partial charge is 0.228 e. The van der Waals surface area contributed by atoms with Crippen LogP contribution in [0.2, 0.25) is 0 Å². The van der Waals surface area contributed by atoms with Crippen molar-refractivity contribution in [3.8, 4) is 17.2 Å². The van der Waals surface area contributed by atoms with Gasteiger partial charge >= 0.3 is 0 Å². The van der Waals surface area contributed by atoms with Crippen LogP contribution < -0.4 is 9.64 Å². The number of methoxy groups -OCH3 is 1. The van der Waals surface area contributed by atoms with Crippen molar-refractivity contribution in [2.24, 2.45) is 0 Å². The van der Waals surface area contributed by atoms with Gasteiger partial charge in [0, 0.05) is 38.6 Å². The molecule has 1 saturated heterocycles. The molecule has 0 saturated carbocycles. The van der Waals surface area contributed by atoms with Gasteiger partial charge in [0.15, 0.2) is 0 Å². The van der Waals surface area contributed by atoms with Gasteiger partial charge in [-0.25, -0.2) is 4.98 Å². The van der Waals surface area contributed by atoms with Crippen molar-refractivity contribution >= 4 is 11.6 Å². The summed E-state index contributed by atoms with van der Waals surface area (Å²) >= 11 is 0. The summed E-state index contributed by atoms with van der Waals surface area (Å²) in [6, 6.07) is 11.7. The minimum absolute atomic E-state index is 0.0683. The first-order chi connectivity index (χ1) is 14.2. The molecule has 2 aromatic heterocycles. The summed E-state index contributed by atoms with van der Waals surface area (Å²) in [6.45, 7) is 4.72. The number of anilines is 1. The molecule has 0 spiro atoms. The number of hydrogen-bond acceptors (Lipinski definition) is 6. The summed E-state index contributed by atoms with van der Waals surface area (Å²) in [5, 5.41) is 0. The molecule has 150 valence electrons. The average molecular weight is 392 g/mol. The number of rotatable bonds is 5. The molecule has 0 atom stereocenters. The van der Waals surface area contributed by atoms with E-state index >= 15 is 0 Å². The molecule has 0 aliphatic carbocycles. The number of amides is 1. The maximum Gasteiger partial charge on any atom is 0.228 e. The third kappa shape index (κ3) is 4.08. The van der Waals surface area contributed by atoms with Crippen LogP contribution in [0.25, 0.3) is 11.5 Å². The molecule has 29 heavy (non-hydrogen) atoms. The number of carbonyl (C=O) groups excluding carboxylic acids is 1. The van der Waals surface area contributed by atoms with Crippen molar-refractivity contribution < 1.29 is 13.9 Å². The second kappa shape index (κ2) is 8.34. The van der Waals surface area contributed by atoms with Gasteiger partial charge in [-0.2, -0.15) is 0 Å². The van der Waals surface area contributed by atoms with Crippen LogP contribution in [0.4, 0.5) is 5.69 Å². The van der Waals surface area contributed by atoms with E-state index < -0.39 is 0 Å². The van der Waals surface area contributed by atoms with Crippen molar-refractivity contribution in [3.63, 3.8) is 0 Å². The molecule has 7 heteroatoms. The van der Waals surface area contributed by atoms with Crippen LogP contribution in [-0.2, 0) is 11.2 Å². The van der Waals surface area contributed by atoms with Crippen molar-refractivity contribution in [1.82, 2.24) is 14.9 Å². The summed E-state index contributed by atoms with van der Waals surface area (Å²) in [7, 11) is 1.68. The number of hydrogen-bond donors (Lipinski definition) is 0. The van der Waals surface area contributed by atoms with Gasteiger partial charge < -0.3 is 19.0 Å². The summed E-state index contributed by atoms with van der Waals surface area (Å²) in [5.41, 5.74) is 2.55. The number of para-hydroxylation sites is 2. The second-order valence-electron chi connectivity index (χ2n) is 6.98. The molecule has 1 amide bonds. The molecule has 7 nitrogen and oxygen atoms in total. The molecular weight excluding hydrogens is 368 g/mol. The molecule has 1 aromatic carbocycles. The molecule has 1 aliphatic rings. The SMILES string of the molecule is COc1ccccc1N1CCN(C(=O)Cc2nc(-c3cccnc3)oc2C)CC1. The average Bonchev–Trinajstić information content (AvgIpc) is 3.14. The lowest BCUT2D eigenvalue weighted by Gasteiger charge is -2.36. The first-order valence-corrected chi connectivity index (χ1v) is 9.68. The van der Waals surface area contributed by atoms with Crippen LogP contribution >= 0.6 is 0 Å². The van der Waals surface area contributed by atoms with E-state index in [1.807, 2.05) is 42.2 Å². The zero-order chi connectivity index (χ0) is 20.2. The Balaban J connectivity index is 1.39. The highest BCUT2D eigenvalue weighted by molar-refractivity contribution is 5.79. The van der Waals surface area contributed by atoms with Crippen LogP contribution in [0, 0.1) is 6.92 Å². The van der Waals surface area contributed by atoms with Crippen molar-refractivity contribution in [3.05, 3.63) is 60.2 Å². The Morgan fingerprint density at radius 2 is 1.93 bits per heavy atom. The van der Waals surface area contributed by atoms with E-state index in [2.05, 4.69) is 20.9 Å². The predicted molar refractivity (Wildman–Crippen MR) is 110 cm³/mol. The molecule has 1 aliphatic heterocycles. The fraction of sp³-hybridized carbons (Fsp3) is 0.318. The van der Waals surface area contributed by atoms with Crippen LogP contribution in [0.1, 0.15) is 11.5 Å². The Labute approximate surface area is 169 Å². The number of oxazole rings is 1. The van der Waals surface area contributed by atoms with E-state index in [4.69, 9.17) is 9.15 Å².